The van der Waals surface area contributed by atoms with Gasteiger partial charge in [-0.15, -0.1) is 0 Å². The van der Waals surface area contributed by atoms with E-state index in [-0.39, 0.29) is 11.3 Å². The van der Waals surface area contributed by atoms with Crippen molar-refractivity contribution in [1.29, 1.82) is 0 Å². The van der Waals surface area contributed by atoms with Crippen molar-refractivity contribution in [3.05, 3.63) is 41.6 Å². The number of hydrogen-bond acceptors (Lipinski definition) is 2. The molecule has 0 unspecified atom stereocenters. The highest BCUT2D eigenvalue weighted by Crippen LogP contribution is 2.19. The second-order valence-electron chi connectivity index (χ2n) is 3.21. The molecule has 2 rings (SSSR count). The Bertz CT molecular complexity index is 552. The lowest BCUT2D eigenvalue weighted by Gasteiger charge is -2.01. The Balaban J connectivity index is 2.75. The molecule has 2 aromatic rings. The van der Waals surface area contributed by atoms with Crippen LogP contribution in [0.3, 0.4) is 0 Å². The Morgan fingerprint density at radius 2 is 2.07 bits per heavy atom. The van der Waals surface area contributed by atoms with Crippen LogP contribution in [-0.4, -0.2) is 10.8 Å². The fourth-order valence-electron chi connectivity index (χ4n) is 1.33. The van der Waals surface area contributed by atoms with E-state index in [1.54, 1.807) is 0 Å². The third-order valence-electron chi connectivity index (χ3n) is 2.15. The van der Waals surface area contributed by atoms with E-state index in [2.05, 4.69) is 4.98 Å². The van der Waals surface area contributed by atoms with Gasteiger partial charge >= 0.3 is 0 Å². The number of rotatable bonds is 1. The first kappa shape index (κ1) is 9.71. The third kappa shape index (κ3) is 1.58. The molecule has 0 saturated heterocycles. The quantitative estimate of drug-likeness (QED) is 0.673. The van der Waals surface area contributed by atoms with Crippen LogP contribution in [0.15, 0.2) is 24.4 Å². The minimum absolute atomic E-state index is 0.0556. The monoisotopic (exact) mass is 207 g/mol. The minimum atomic E-state index is -0.984. The van der Waals surface area contributed by atoms with E-state index >= 15 is 0 Å². The number of aromatic nitrogens is 1. The van der Waals surface area contributed by atoms with E-state index in [4.69, 9.17) is 0 Å². The molecule has 15 heavy (non-hydrogen) atoms. The van der Waals surface area contributed by atoms with Gasteiger partial charge in [0.05, 0.1) is 0 Å². The van der Waals surface area contributed by atoms with Crippen molar-refractivity contribution in [3.8, 4) is 0 Å². The number of ketones is 1. The zero-order valence-corrected chi connectivity index (χ0v) is 7.92. The molecule has 1 heterocycles. The van der Waals surface area contributed by atoms with E-state index in [9.17, 15) is 13.6 Å². The lowest BCUT2D eigenvalue weighted by atomic mass is 10.1. The maximum Gasteiger partial charge on any atom is 0.184 e. The topological polar surface area (TPSA) is 30.0 Å². The SMILES string of the molecule is CC(=O)c1cnc2c(F)c(F)ccc2c1. The Labute approximate surface area is 84.6 Å². The molecule has 0 aliphatic carbocycles. The van der Waals surface area contributed by atoms with Crippen LogP contribution in [0, 0.1) is 11.6 Å². The Morgan fingerprint density at radius 1 is 1.33 bits per heavy atom. The summed E-state index contributed by atoms with van der Waals surface area (Å²) in [6.07, 6.45) is 1.24. The van der Waals surface area contributed by atoms with Gasteiger partial charge in [0.1, 0.15) is 5.52 Å². The highest BCUT2D eigenvalue weighted by molar-refractivity contribution is 5.97. The van der Waals surface area contributed by atoms with Crippen molar-refractivity contribution in [1.82, 2.24) is 4.98 Å². The van der Waals surface area contributed by atoms with Crippen LogP contribution in [0.4, 0.5) is 8.78 Å². The van der Waals surface area contributed by atoms with Gasteiger partial charge in [0.25, 0.3) is 0 Å². The molecule has 0 fully saturated rings. The van der Waals surface area contributed by atoms with Crippen LogP contribution >= 0.6 is 0 Å². The van der Waals surface area contributed by atoms with Gasteiger partial charge in [-0.3, -0.25) is 9.78 Å². The van der Waals surface area contributed by atoms with Crippen molar-refractivity contribution in [3.63, 3.8) is 0 Å². The standard InChI is InChI=1S/C11H7F2NO/c1-6(15)8-4-7-2-3-9(12)10(13)11(7)14-5-8/h2-5H,1H3. The van der Waals surface area contributed by atoms with Crippen LogP contribution in [0.1, 0.15) is 17.3 Å². The lowest BCUT2D eigenvalue weighted by molar-refractivity contribution is 0.101. The molecule has 2 nitrogen and oxygen atoms in total. The van der Waals surface area contributed by atoms with Gasteiger partial charge in [0.2, 0.25) is 0 Å². The largest absolute Gasteiger partial charge is 0.294 e. The van der Waals surface area contributed by atoms with E-state index in [1.165, 1.54) is 25.3 Å². The fourth-order valence-corrected chi connectivity index (χ4v) is 1.33. The van der Waals surface area contributed by atoms with Crippen LogP contribution in [0.5, 0.6) is 0 Å². The van der Waals surface area contributed by atoms with Gasteiger partial charge in [-0.2, -0.15) is 0 Å². The number of pyridine rings is 1. The van der Waals surface area contributed by atoms with E-state index in [1.807, 2.05) is 0 Å². The summed E-state index contributed by atoms with van der Waals surface area (Å²) in [6, 6.07) is 3.91. The highest BCUT2D eigenvalue weighted by Gasteiger charge is 2.09. The van der Waals surface area contributed by atoms with Crippen LogP contribution in [-0.2, 0) is 0 Å². The molecule has 0 bridgehead atoms. The summed E-state index contributed by atoms with van der Waals surface area (Å²) >= 11 is 0. The first-order valence-electron chi connectivity index (χ1n) is 4.34. The summed E-state index contributed by atoms with van der Waals surface area (Å²) < 4.78 is 26.0. The highest BCUT2D eigenvalue weighted by atomic mass is 19.2. The van der Waals surface area contributed by atoms with Crippen molar-refractivity contribution < 1.29 is 13.6 Å². The molecular formula is C11H7F2NO. The summed E-state index contributed by atoms with van der Waals surface area (Å²) in [5.41, 5.74) is 0.327. The van der Waals surface area contributed by atoms with Crippen molar-refractivity contribution in [2.24, 2.45) is 0 Å². The number of fused-ring (bicyclic) bond motifs is 1. The molecule has 0 aliphatic rings. The van der Waals surface area contributed by atoms with Gasteiger partial charge in [-0.1, -0.05) is 0 Å². The summed E-state index contributed by atoms with van der Waals surface area (Å²) in [6.45, 7) is 1.39. The molecule has 0 radical (unpaired) electrons. The van der Waals surface area contributed by atoms with Gasteiger partial charge in [-0.05, 0) is 25.1 Å². The van der Waals surface area contributed by atoms with Crippen molar-refractivity contribution in [2.75, 3.05) is 0 Å². The molecule has 4 heteroatoms. The van der Waals surface area contributed by atoms with Crippen LogP contribution < -0.4 is 0 Å². The molecule has 0 amide bonds. The summed E-state index contributed by atoms with van der Waals surface area (Å²) in [4.78, 5) is 14.8. The molecular weight excluding hydrogens is 200 g/mol. The van der Waals surface area contributed by atoms with E-state index in [0.29, 0.717) is 10.9 Å². The number of carbonyl (C=O) groups is 1. The molecule has 0 saturated carbocycles. The van der Waals surface area contributed by atoms with E-state index < -0.39 is 11.6 Å². The van der Waals surface area contributed by atoms with Gasteiger partial charge < -0.3 is 0 Å². The molecule has 0 N–H and O–H groups in total. The molecule has 1 aromatic heterocycles. The van der Waals surface area contributed by atoms with Crippen molar-refractivity contribution in [2.45, 2.75) is 6.92 Å². The minimum Gasteiger partial charge on any atom is -0.294 e. The number of Topliss-reactive ketones (excluding diaryl/α,β-unsaturated/α-hetero) is 1. The summed E-state index contributed by atoms with van der Waals surface area (Å²) in [5.74, 6) is -2.08. The molecule has 76 valence electrons. The number of halogens is 2. The second kappa shape index (κ2) is 3.38. The fraction of sp³-hybridized carbons (Fsp3) is 0.0909. The van der Waals surface area contributed by atoms with E-state index in [0.717, 1.165) is 6.07 Å². The molecule has 0 atom stereocenters. The molecule has 1 aromatic carbocycles. The van der Waals surface area contributed by atoms with Crippen molar-refractivity contribution >= 4 is 16.7 Å². The first-order chi connectivity index (χ1) is 7.09. The number of hydrogen-bond donors (Lipinski definition) is 0. The summed E-state index contributed by atoms with van der Waals surface area (Å²) in [7, 11) is 0. The summed E-state index contributed by atoms with van der Waals surface area (Å²) in [5, 5.41) is 0.418. The second-order valence-corrected chi connectivity index (χ2v) is 3.21. The van der Waals surface area contributed by atoms with Gasteiger partial charge in [0.15, 0.2) is 17.4 Å². The predicted molar refractivity (Wildman–Crippen MR) is 51.7 cm³/mol. The zero-order valence-electron chi connectivity index (χ0n) is 7.92. The van der Waals surface area contributed by atoms with Gasteiger partial charge in [0, 0.05) is 17.1 Å². The number of carbonyl (C=O) groups excluding carboxylic acids is 1. The Morgan fingerprint density at radius 3 is 2.73 bits per heavy atom. The third-order valence-corrected chi connectivity index (χ3v) is 2.15. The van der Waals surface area contributed by atoms with Gasteiger partial charge in [-0.25, -0.2) is 8.78 Å². The Kier molecular flexibility index (Phi) is 2.19. The smallest absolute Gasteiger partial charge is 0.184 e. The number of benzene rings is 1. The average molecular weight is 207 g/mol. The normalized spacial score (nSPS) is 10.6. The predicted octanol–water partition coefficient (Wildman–Crippen LogP) is 2.72. The lowest BCUT2D eigenvalue weighted by Crippen LogP contribution is -1.95. The average Bonchev–Trinajstić information content (AvgIpc) is 2.23. The Hall–Kier alpha value is -1.84. The molecule has 0 spiro atoms. The number of nitrogens with zero attached hydrogens (tertiary/aromatic N) is 1. The van der Waals surface area contributed by atoms with Crippen LogP contribution in [0.25, 0.3) is 10.9 Å². The first-order valence-corrected chi connectivity index (χ1v) is 4.34. The van der Waals surface area contributed by atoms with Crippen LogP contribution in [0.2, 0.25) is 0 Å². The molecule has 0 aliphatic heterocycles. The maximum absolute atomic E-state index is 13.2. The zero-order chi connectivity index (χ0) is 11.0. The maximum atomic E-state index is 13.2.